The second-order valence-corrected chi connectivity index (χ2v) is 7.35. The number of sulfone groups is 1. The van der Waals surface area contributed by atoms with Crippen molar-refractivity contribution in [3.63, 3.8) is 0 Å². The second-order valence-electron chi connectivity index (χ2n) is 5.44. The van der Waals surface area contributed by atoms with Gasteiger partial charge in [-0.1, -0.05) is 0 Å². The van der Waals surface area contributed by atoms with Crippen molar-refractivity contribution in [3.05, 3.63) is 6.20 Å². The summed E-state index contributed by atoms with van der Waals surface area (Å²) in [6.07, 6.45) is 4.64. The van der Waals surface area contributed by atoms with Crippen LogP contribution in [0.5, 0.6) is 0 Å². The van der Waals surface area contributed by atoms with Crippen molar-refractivity contribution in [1.82, 2.24) is 9.97 Å². The van der Waals surface area contributed by atoms with Crippen molar-refractivity contribution in [3.8, 4) is 0 Å². The summed E-state index contributed by atoms with van der Waals surface area (Å²) >= 11 is 0. The lowest BCUT2D eigenvalue weighted by Gasteiger charge is -2.32. The molecule has 116 valence electrons. The highest BCUT2D eigenvalue weighted by atomic mass is 32.2. The van der Waals surface area contributed by atoms with E-state index in [1.165, 1.54) is 0 Å². The Morgan fingerprint density at radius 2 is 2.10 bits per heavy atom. The van der Waals surface area contributed by atoms with Crippen molar-refractivity contribution >= 4 is 21.3 Å². The summed E-state index contributed by atoms with van der Waals surface area (Å²) < 4.78 is 28.8. The molecule has 7 nitrogen and oxygen atoms in total. The van der Waals surface area contributed by atoms with Gasteiger partial charge in [-0.2, -0.15) is 4.98 Å². The first-order valence-electron chi connectivity index (χ1n) is 7.17. The van der Waals surface area contributed by atoms with E-state index in [9.17, 15) is 8.42 Å². The molecule has 3 heterocycles. The van der Waals surface area contributed by atoms with Crippen LogP contribution in [0.4, 0.5) is 11.5 Å². The fraction of sp³-hybridized carbons (Fsp3) is 0.692. The molecule has 3 rings (SSSR count). The summed E-state index contributed by atoms with van der Waals surface area (Å²) in [6.45, 7) is 5.13. The van der Waals surface area contributed by atoms with Gasteiger partial charge in [-0.15, -0.1) is 0 Å². The van der Waals surface area contributed by atoms with Crippen LogP contribution in [-0.2, 0) is 14.6 Å². The highest BCUT2D eigenvalue weighted by Gasteiger charge is 2.33. The average Bonchev–Trinajstić information content (AvgIpc) is 2.85. The number of hydrogen-bond acceptors (Lipinski definition) is 7. The lowest BCUT2D eigenvalue weighted by atomic mass is 10.1. The van der Waals surface area contributed by atoms with Crippen LogP contribution in [0.2, 0.25) is 0 Å². The quantitative estimate of drug-likeness (QED) is 0.759. The van der Waals surface area contributed by atoms with Crippen LogP contribution in [0.15, 0.2) is 11.4 Å². The minimum atomic E-state index is -3.39. The maximum absolute atomic E-state index is 11.7. The molecule has 0 amide bonds. The fourth-order valence-corrected chi connectivity index (χ4v) is 3.34. The maximum atomic E-state index is 11.7. The molecule has 0 unspecified atom stereocenters. The van der Waals surface area contributed by atoms with E-state index < -0.39 is 9.84 Å². The minimum absolute atomic E-state index is 0.101. The smallest absolute Gasteiger partial charge is 0.248 e. The van der Waals surface area contributed by atoms with Crippen LogP contribution in [0.3, 0.4) is 0 Å². The van der Waals surface area contributed by atoms with Gasteiger partial charge in [0.25, 0.3) is 0 Å². The summed E-state index contributed by atoms with van der Waals surface area (Å²) in [5, 5.41) is -0.101. The van der Waals surface area contributed by atoms with E-state index in [1.807, 2.05) is 0 Å². The van der Waals surface area contributed by atoms with Crippen LogP contribution < -0.4 is 9.80 Å². The van der Waals surface area contributed by atoms with E-state index in [-0.39, 0.29) is 5.16 Å². The molecule has 0 atom stereocenters. The van der Waals surface area contributed by atoms with E-state index in [2.05, 4.69) is 26.7 Å². The van der Waals surface area contributed by atoms with Crippen LogP contribution in [0, 0.1) is 0 Å². The third-order valence-corrected chi connectivity index (χ3v) is 4.87. The lowest BCUT2D eigenvalue weighted by molar-refractivity contribution is 0.0846. The van der Waals surface area contributed by atoms with Gasteiger partial charge in [0.1, 0.15) is 5.69 Å². The molecule has 0 aromatic carbocycles. The summed E-state index contributed by atoms with van der Waals surface area (Å²) in [5.74, 6) is 0.735. The second kappa shape index (κ2) is 5.42. The van der Waals surface area contributed by atoms with Crippen molar-refractivity contribution in [2.24, 2.45) is 0 Å². The Bertz CT molecular complexity index is 628. The largest absolute Gasteiger partial charge is 0.381 e. The van der Waals surface area contributed by atoms with Gasteiger partial charge in [-0.3, -0.25) is 0 Å². The van der Waals surface area contributed by atoms with Gasteiger partial charge in [0, 0.05) is 32.1 Å². The summed E-state index contributed by atoms with van der Waals surface area (Å²) in [6, 6.07) is 0.344. The lowest BCUT2D eigenvalue weighted by Crippen LogP contribution is -2.42. The van der Waals surface area contributed by atoms with E-state index in [0.29, 0.717) is 6.04 Å². The van der Waals surface area contributed by atoms with Crippen LogP contribution in [0.1, 0.15) is 19.8 Å². The summed E-state index contributed by atoms with van der Waals surface area (Å²) in [7, 11) is -3.39. The Kier molecular flexibility index (Phi) is 3.75. The molecular weight excluding hydrogens is 292 g/mol. The molecule has 2 aliphatic rings. The molecule has 21 heavy (non-hydrogen) atoms. The number of nitrogens with zero attached hydrogens (tertiary/aromatic N) is 4. The highest BCUT2D eigenvalue weighted by molar-refractivity contribution is 7.90. The number of aromatic nitrogens is 2. The number of anilines is 2. The predicted molar refractivity (Wildman–Crippen MR) is 79.3 cm³/mol. The van der Waals surface area contributed by atoms with Crippen LogP contribution in [0.25, 0.3) is 0 Å². The normalized spacial score (nSPS) is 19.9. The molecular formula is C13H20N4O3S. The molecule has 0 radical (unpaired) electrons. The SMILES string of the molecule is CCN1CN(C2CCOCC2)c2nc(S(C)(=O)=O)ncc21. The molecule has 1 saturated heterocycles. The number of ether oxygens (including phenoxy) is 1. The number of hydrogen-bond donors (Lipinski definition) is 0. The molecule has 1 fully saturated rings. The fourth-order valence-electron chi connectivity index (χ4n) is 2.85. The van der Waals surface area contributed by atoms with Crippen LogP contribution >= 0.6 is 0 Å². The maximum Gasteiger partial charge on any atom is 0.248 e. The number of rotatable bonds is 3. The molecule has 0 aliphatic carbocycles. The van der Waals surface area contributed by atoms with Gasteiger partial charge in [0.05, 0.1) is 12.9 Å². The Morgan fingerprint density at radius 1 is 1.38 bits per heavy atom. The zero-order chi connectivity index (χ0) is 15.0. The molecule has 0 bridgehead atoms. The molecule has 1 aromatic rings. The average molecular weight is 312 g/mol. The Morgan fingerprint density at radius 3 is 2.71 bits per heavy atom. The van der Waals surface area contributed by atoms with Crippen molar-refractivity contribution < 1.29 is 13.2 Å². The molecule has 0 saturated carbocycles. The van der Waals surface area contributed by atoms with E-state index in [0.717, 1.165) is 57.0 Å². The van der Waals surface area contributed by atoms with Gasteiger partial charge < -0.3 is 14.5 Å². The number of fused-ring (bicyclic) bond motifs is 1. The first-order valence-corrected chi connectivity index (χ1v) is 9.06. The molecule has 0 spiro atoms. The molecule has 1 aromatic heterocycles. The summed E-state index contributed by atoms with van der Waals surface area (Å²) in [4.78, 5) is 12.7. The van der Waals surface area contributed by atoms with Gasteiger partial charge in [-0.25, -0.2) is 13.4 Å². The zero-order valence-electron chi connectivity index (χ0n) is 12.3. The zero-order valence-corrected chi connectivity index (χ0v) is 13.1. The van der Waals surface area contributed by atoms with Gasteiger partial charge in [0.2, 0.25) is 15.0 Å². The van der Waals surface area contributed by atoms with Crippen LogP contribution in [-0.4, -0.2) is 57.1 Å². The van der Waals surface area contributed by atoms with E-state index in [1.54, 1.807) is 6.20 Å². The highest BCUT2D eigenvalue weighted by Crippen LogP contribution is 2.36. The van der Waals surface area contributed by atoms with E-state index >= 15 is 0 Å². The first kappa shape index (κ1) is 14.5. The topological polar surface area (TPSA) is 75.6 Å². The van der Waals surface area contributed by atoms with Gasteiger partial charge in [-0.05, 0) is 19.8 Å². The van der Waals surface area contributed by atoms with Crippen molar-refractivity contribution in [2.45, 2.75) is 31.0 Å². The van der Waals surface area contributed by atoms with E-state index in [4.69, 9.17) is 4.74 Å². The monoisotopic (exact) mass is 312 g/mol. The van der Waals surface area contributed by atoms with Crippen molar-refractivity contribution in [1.29, 1.82) is 0 Å². The Labute approximate surface area is 124 Å². The minimum Gasteiger partial charge on any atom is -0.381 e. The molecule has 2 aliphatic heterocycles. The molecule has 8 heteroatoms. The standard InChI is InChI=1S/C13H20N4O3S/c1-3-16-9-17(10-4-6-20-7-5-10)12-11(16)8-14-13(15-12)21(2,18)19/h8,10H,3-7,9H2,1-2H3. The first-order chi connectivity index (χ1) is 10.0. The third-order valence-electron chi connectivity index (χ3n) is 4.01. The van der Waals surface area contributed by atoms with Gasteiger partial charge >= 0.3 is 0 Å². The Balaban J connectivity index is 1.99. The van der Waals surface area contributed by atoms with Gasteiger partial charge in [0.15, 0.2) is 5.82 Å². The Hall–Kier alpha value is -1.41. The van der Waals surface area contributed by atoms with Crippen molar-refractivity contribution in [2.75, 3.05) is 42.5 Å². The summed E-state index contributed by atoms with van der Waals surface area (Å²) in [5.41, 5.74) is 0.913. The third kappa shape index (κ3) is 2.69. The predicted octanol–water partition coefficient (Wildman–Crippen LogP) is 0.663. The molecule has 0 N–H and O–H groups in total.